The Bertz CT molecular complexity index is 325. The number of hydrogen-bond acceptors (Lipinski definition) is 5. The van der Waals surface area contributed by atoms with Crippen molar-refractivity contribution >= 4 is 17.9 Å². The van der Waals surface area contributed by atoms with Gasteiger partial charge in [0.25, 0.3) is 0 Å². The minimum Gasteiger partial charge on any atom is -0.481 e. The van der Waals surface area contributed by atoms with Crippen LogP contribution in [0.5, 0.6) is 0 Å². The fourth-order valence-electron chi connectivity index (χ4n) is 1.97. The molecule has 0 bridgehead atoms. The highest BCUT2D eigenvalue weighted by Crippen LogP contribution is 2.26. The third-order valence-electron chi connectivity index (χ3n) is 3.24. The Morgan fingerprint density at radius 3 is 1.61 bits per heavy atom. The average molecular weight is 334 g/mol. The molecule has 0 unspecified atom stereocenters. The van der Waals surface area contributed by atoms with E-state index in [9.17, 15) is 14.4 Å². The van der Waals surface area contributed by atoms with Gasteiger partial charge in [0, 0.05) is 11.8 Å². The van der Waals surface area contributed by atoms with Crippen LogP contribution in [0.25, 0.3) is 0 Å². The molecule has 3 N–H and O–H groups in total. The molecule has 23 heavy (non-hydrogen) atoms. The predicted molar refractivity (Wildman–Crippen MR) is 80.4 cm³/mol. The molecule has 8 nitrogen and oxygen atoms in total. The van der Waals surface area contributed by atoms with Crippen LogP contribution in [0, 0.1) is 5.41 Å². The van der Waals surface area contributed by atoms with Crippen LogP contribution in [-0.2, 0) is 23.9 Å². The van der Waals surface area contributed by atoms with E-state index in [1.165, 1.54) is 0 Å². The molecule has 0 heterocycles. The maximum Gasteiger partial charge on any atom is 0.305 e. The van der Waals surface area contributed by atoms with E-state index >= 15 is 0 Å². The van der Waals surface area contributed by atoms with Crippen molar-refractivity contribution in [2.45, 2.75) is 45.4 Å². The summed E-state index contributed by atoms with van der Waals surface area (Å²) in [4.78, 5) is 31.4. The van der Waals surface area contributed by atoms with Gasteiger partial charge in [-0.25, -0.2) is 0 Å². The second kappa shape index (κ2) is 11.8. The summed E-state index contributed by atoms with van der Waals surface area (Å²) in [5.41, 5.74) is -0.407. The second-order valence-corrected chi connectivity index (χ2v) is 5.80. The number of carbonyl (C=O) groups is 3. The van der Waals surface area contributed by atoms with Crippen molar-refractivity contribution in [3.63, 3.8) is 0 Å². The molecule has 0 saturated heterocycles. The zero-order valence-electron chi connectivity index (χ0n) is 13.5. The van der Waals surface area contributed by atoms with Gasteiger partial charge < -0.3 is 24.8 Å². The molecule has 0 aliphatic carbocycles. The molecule has 134 valence electrons. The summed E-state index contributed by atoms with van der Waals surface area (Å²) in [5, 5.41) is 25.8. The van der Waals surface area contributed by atoms with E-state index in [2.05, 4.69) is 0 Å². The number of unbranched alkanes of at least 4 members (excludes halogenated alkanes) is 1. The summed E-state index contributed by atoms with van der Waals surface area (Å²) in [5.74, 6) is -2.72. The normalized spacial score (nSPS) is 11.3. The highest BCUT2D eigenvalue weighted by molar-refractivity contribution is 5.67. The van der Waals surface area contributed by atoms with Crippen molar-refractivity contribution < 1.29 is 39.2 Å². The highest BCUT2D eigenvalue weighted by atomic mass is 16.5. The van der Waals surface area contributed by atoms with Crippen LogP contribution < -0.4 is 0 Å². The molecule has 0 saturated carbocycles. The van der Waals surface area contributed by atoms with Crippen LogP contribution in [0.15, 0.2) is 0 Å². The largest absolute Gasteiger partial charge is 0.481 e. The Morgan fingerprint density at radius 1 is 0.783 bits per heavy atom. The molecular formula is C15H26O8. The van der Waals surface area contributed by atoms with Crippen LogP contribution in [0.2, 0.25) is 0 Å². The first kappa shape index (κ1) is 21.3. The zero-order chi connectivity index (χ0) is 17.7. The lowest BCUT2D eigenvalue weighted by Gasteiger charge is -2.29. The van der Waals surface area contributed by atoms with E-state index < -0.39 is 23.3 Å². The first-order chi connectivity index (χ1) is 10.7. The second-order valence-electron chi connectivity index (χ2n) is 5.80. The number of hydrogen-bond donors (Lipinski definition) is 3. The van der Waals surface area contributed by atoms with Crippen molar-refractivity contribution in [3.05, 3.63) is 0 Å². The van der Waals surface area contributed by atoms with Crippen LogP contribution in [-0.4, -0.2) is 59.7 Å². The third-order valence-corrected chi connectivity index (χ3v) is 3.24. The fourth-order valence-corrected chi connectivity index (χ4v) is 1.97. The number of carboxylic acids is 3. The summed E-state index contributed by atoms with van der Waals surface area (Å²) in [7, 11) is 0. The quantitative estimate of drug-likeness (QED) is 0.385. The van der Waals surface area contributed by atoms with Gasteiger partial charge in [0.15, 0.2) is 0 Å². The molecule has 0 atom stereocenters. The van der Waals surface area contributed by atoms with Crippen molar-refractivity contribution in [1.29, 1.82) is 0 Å². The molecule has 8 heteroatoms. The predicted octanol–water partition coefficient (Wildman–Crippen LogP) is 1.62. The monoisotopic (exact) mass is 334 g/mol. The maximum atomic E-state index is 10.5. The van der Waals surface area contributed by atoms with Gasteiger partial charge >= 0.3 is 17.9 Å². The summed E-state index contributed by atoms with van der Waals surface area (Å²) < 4.78 is 10.7. The minimum atomic E-state index is -0.939. The van der Waals surface area contributed by atoms with Crippen molar-refractivity contribution in [1.82, 2.24) is 0 Å². The van der Waals surface area contributed by atoms with Gasteiger partial charge in [0.1, 0.15) is 0 Å². The zero-order valence-corrected chi connectivity index (χ0v) is 13.5. The fraction of sp³-hybridized carbons (Fsp3) is 0.800. The van der Waals surface area contributed by atoms with E-state index in [4.69, 9.17) is 24.8 Å². The van der Waals surface area contributed by atoms with Gasteiger partial charge in [-0.3, -0.25) is 14.4 Å². The van der Waals surface area contributed by atoms with Crippen molar-refractivity contribution in [2.75, 3.05) is 26.4 Å². The van der Waals surface area contributed by atoms with Gasteiger partial charge in [-0.05, 0) is 12.8 Å². The molecular weight excluding hydrogens is 308 g/mol. The average Bonchev–Trinajstić information content (AvgIpc) is 2.44. The summed E-state index contributed by atoms with van der Waals surface area (Å²) in [6, 6.07) is 0. The number of rotatable bonds is 15. The minimum absolute atomic E-state index is 0.0883. The Morgan fingerprint density at radius 2 is 1.22 bits per heavy atom. The van der Waals surface area contributed by atoms with Crippen LogP contribution >= 0.6 is 0 Å². The van der Waals surface area contributed by atoms with Gasteiger partial charge in [-0.2, -0.15) is 0 Å². The molecule has 0 aromatic carbocycles. The van der Waals surface area contributed by atoms with Gasteiger partial charge in [0.05, 0.1) is 39.3 Å². The van der Waals surface area contributed by atoms with Crippen LogP contribution in [0.4, 0.5) is 0 Å². The molecule has 0 spiro atoms. The Hall–Kier alpha value is -1.67. The van der Waals surface area contributed by atoms with Gasteiger partial charge in [-0.15, -0.1) is 0 Å². The lowest BCUT2D eigenvalue weighted by Crippen LogP contribution is -2.30. The standard InChI is InChI=1S/C15H26O8/c1-15(7-3-2-4-12(16)17,10-22-8-5-13(18)19)11-23-9-6-14(20)21/h2-11H2,1H3,(H,16,17)(H,18,19)(H,20,21). The van der Waals surface area contributed by atoms with Crippen molar-refractivity contribution in [3.8, 4) is 0 Å². The Kier molecular flexibility index (Phi) is 11.0. The molecule has 0 radical (unpaired) electrons. The van der Waals surface area contributed by atoms with Gasteiger partial charge in [-0.1, -0.05) is 13.3 Å². The van der Waals surface area contributed by atoms with Gasteiger partial charge in [0.2, 0.25) is 0 Å². The van der Waals surface area contributed by atoms with E-state index in [-0.39, 0.29) is 45.7 Å². The maximum absolute atomic E-state index is 10.5. The molecule has 0 aliphatic rings. The van der Waals surface area contributed by atoms with Crippen LogP contribution in [0.3, 0.4) is 0 Å². The molecule has 0 aliphatic heterocycles. The Labute approximate surface area is 135 Å². The molecule has 0 rings (SSSR count). The van der Waals surface area contributed by atoms with E-state index in [0.717, 1.165) is 0 Å². The summed E-state index contributed by atoms with van der Waals surface area (Å²) in [6.07, 6.45) is 1.78. The molecule has 0 amide bonds. The third kappa shape index (κ3) is 13.7. The lowest BCUT2D eigenvalue weighted by atomic mass is 9.86. The summed E-state index contributed by atoms with van der Waals surface area (Å²) >= 11 is 0. The number of aliphatic carboxylic acids is 3. The van der Waals surface area contributed by atoms with E-state index in [1.807, 2.05) is 6.92 Å². The molecule has 0 fully saturated rings. The van der Waals surface area contributed by atoms with Crippen molar-refractivity contribution in [2.24, 2.45) is 5.41 Å². The SMILES string of the molecule is CC(CCCCC(=O)O)(COCCC(=O)O)COCCC(=O)O. The summed E-state index contributed by atoms with van der Waals surface area (Å²) in [6.45, 7) is 2.64. The molecule has 0 aromatic rings. The topological polar surface area (TPSA) is 130 Å². The lowest BCUT2D eigenvalue weighted by molar-refractivity contribution is -0.139. The highest BCUT2D eigenvalue weighted by Gasteiger charge is 2.25. The number of carboxylic acid groups (broad SMARTS) is 3. The molecule has 0 aromatic heterocycles. The smallest absolute Gasteiger partial charge is 0.305 e. The first-order valence-corrected chi connectivity index (χ1v) is 7.56. The van der Waals surface area contributed by atoms with E-state index in [0.29, 0.717) is 19.3 Å². The van der Waals surface area contributed by atoms with Crippen LogP contribution in [0.1, 0.15) is 45.4 Å². The Balaban J connectivity index is 4.23. The van der Waals surface area contributed by atoms with E-state index in [1.54, 1.807) is 0 Å². The number of ether oxygens (including phenoxy) is 2. The first-order valence-electron chi connectivity index (χ1n) is 7.56.